The van der Waals surface area contributed by atoms with Crippen molar-refractivity contribution >= 4 is 5.78 Å². The van der Waals surface area contributed by atoms with Crippen molar-refractivity contribution < 1.29 is 14.3 Å². The van der Waals surface area contributed by atoms with Gasteiger partial charge in [0.15, 0.2) is 5.78 Å². The minimum atomic E-state index is -0.181. The van der Waals surface area contributed by atoms with Gasteiger partial charge in [-0.15, -0.1) is 0 Å². The largest absolute Gasteiger partial charge is 0.378 e. The maximum absolute atomic E-state index is 13.6. The van der Waals surface area contributed by atoms with Gasteiger partial charge < -0.3 is 9.47 Å². The van der Waals surface area contributed by atoms with Gasteiger partial charge in [-0.3, -0.25) is 4.79 Å². The van der Waals surface area contributed by atoms with Crippen LogP contribution in [0.3, 0.4) is 0 Å². The van der Waals surface area contributed by atoms with Gasteiger partial charge in [0.1, 0.15) is 0 Å². The fourth-order valence-corrected chi connectivity index (χ4v) is 6.67. The lowest BCUT2D eigenvalue weighted by Crippen LogP contribution is -2.44. The Bertz CT molecular complexity index is 882. The van der Waals surface area contributed by atoms with Crippen molar-refractivity contribution in [2.24, 2.45) is 23.2 Å². The van der Waals surface area contributed by atoms with Crippen LogP contribution in [0.25, 0.3) is 0 Å². The summed E-state index contributed by atoms with van der Waals surface area (Å²) >= 11 is 0. The minimum Gasteiger partial charge on any atom is -0.378 e. The molecule has 0 N–H and O–H groups in total. The smallest absolute Gasteiger partial charge is 0.161 e. The van der Waals surface area contributed by atoms with Crippen molar-refractivity contribution in [3.05, 3.63) is 47.5 Å². The molecular weight excluding hydrogens is 468 g/mol. The van der Waals surface area contributed by atoms with Crippen LogP contribution in [0.2, 0.25) is 0 Å². The summed E-state index contributed by atoms with van der Waals surface area (Å²) in [7, 11) is 0. The Hall–Kier alpha value is -1.45. The van der Waals surface area contributed by atoms with Gasteiger partial charge in [-0.05, 0) is 93.6 Å². The van der Waals surface area contributed by atoms with Gasteiger partial charge in [0.05, 0.1) is 17.8 Å². The summed E-state index contributed by atoms with van der Waals surface area (Å²) in [6, 6.07) is 10.6. The number of benzene rings is 1. The molecule has 1 spiro atoms. The zero-order valence-corrected chi connectivity index (χ0v) is 25.6. The van der Waals surface area contributed by atoms with Crippen molar-refractivity contribution in [1.82, 2.24) is 0 Å². The zero-order chi connectivity index (χ0) is 27.8. The Kier molecular flexibility index (Phi) is 11.7. The van der Waals surface area contributed by atoms with Crippen LogP contribution in [0.15, 0.2) is 42.0 Å². The van der Waals surface area contributed by atoms with E-state index in [2.05, 4.69) is 84.9 Å². The molecule has 3 rings (SSSR count). The molecule has 6 unspecified atom stereocenters. The molecule has 3 nitrogen and oxygen atoms in total. The molecule has 1 saturated carbocycles. The van der Waals surface area contributed by atoms with Crippen LogP contribution in [-0.2, 0) is 14.3 Å². The maximum Gasteiger partial charge on any atom is 0.161 e. The second-order valence-electron chi connectivity index (χ2n) is 13.6. The normalized spacial score (nSPS) is 28.6. The van der Waals surface area contributed by atoms with Crippen molar-refractivity contribution in [2.75, 3.05) is 6.61 Å². The topological polar surface area (TPSA) is 35.5 Å². The first kappa shape index (κ1) is 31.1. The molecule has 2 fully saturated rings. The molecule has 1 heterocycles. The van der Waals surface area contributed by atoms with Gasteiger partial charge in [-0.2, -0.15) is 0 Å². The molecule has 1 aromatic rings. The standard InChI is InChI=1S/C35H56O3/c1-8-26(3)28(19-22-34(5,6)7)18-17-27(4)33(36)30-16-13-21-35(23-20-30)25-31(37-9-2)24-32(38-35)29-14-11-10-12-15-29/h10-12,14-15,17,26,28,30-32H,8-9,13,16,18-25H2,1-7H3. The van der Waals surface area contributed by atoms with Gasteiger partial charge in [0.25, 0.3) is 0 Å². The van der Waals surface area contributed by atoms with E-state index >= 15 is 0 Å². The van der Waals surface area contributed by atoms with Gasteiger partial charge in [0.2, 0.25) is 0 Å². The van der Waals surface area contributed by atoms with Crippen molar-refractivity contribution in [2.45, 2.75) is 137 Å². The Morgan fingerprint density at radius 1 is 1.16 bits per heavy atom. The molecule has 1 aromatic carbocycles. The summed E-state index contributed by atoms with van der Waals surface area (Å²) in [4.78, 5) is 13.6. The van der Waals surface area contributed by atoms with Crippen LogP contribution >= 0.6 is 0 Å². The molecule has 0 aromatic heterocycles. The number of Topliss-reactive ketones (excluding diaryl/α,β-unsaturated/α-hetero) is 1. The highest BCUT2D eigenvalue weighted by atomic mass is 16.5. The van der Waals surface area contributed by atoms with Crippen molar-refractivity contribution in [1.29, 1.82) is 0 Å². The molecule has 1 aliphatic carbocycles. The summed E-state index contributed by atoms with van der Waals surface area (Å²) in [6.45, 7) is 16.6. The molecule has 1 saturated heterocycles. The lowest BCUT2D eigenvalue weighted by molar-refractivity contribution is -0.181. The fourth-order valence-electron chi connectivity index (χ4n) is 6.67. The third-order valence-electron chi connectivity index (χ3n) is 9.38. The quantitative estimate of drug-likeness (QED) is 0.270. The number of hydrogen-bond acceptors (Lipinski definition) is 3. The van der Waals surface area contributed by atoms with Crippen molar-refractivity contribution in [3.63, 3.8) is 0 Å². The molecule has 0 radical (unpaired) electrons. The average molecular weight is 525 g/mol. The first-order valence-corrected chi connectivity index (χ1v) is 15.6. The monoisotopic (exact) mass is 524 g/mol. The van der Waals surface area contributed by atoms with Crippen LogP contribution in [0.5, 0.6) is 0 Å². The van der Waals surface area contributed by atoms with Crippen LogP contribution in [0.1, 0.15) is 131 Å². The number of ketones is 1. The third-order valence-corrected chi connectivity index (χ3v) is 9.38. The van der Waals surface area contributed by atoms with Crippen LogP contribution in [0.4, 0.5) is 0 Å². The predicted octanol–water partition coefficient (Wildman–Crippen LogP) is 9.66. The Labute approximate surface area is 234 Å². The van der Waals surface area contributed by atoms with Gasteiger partial charge in [-0.25, -0.2) is 0 Å². The van der Waals surface area contributed by atoms with Gasteiger partial charge in [0, 0.05) is 25.4 Å². The summed E-state index contributed by atoms with van der Waals surface area (Å²) < 4.78 is 13.1. The number of rotatable bonds is 11. The third kappa shape index (κ3) is 9.05. The highest BCUT2D eigenvalue weighted by Crippen LogP contribution is 2.46. The average Bonchev–Trinajstić information content (AvgIpc) is 3.09. The summed E-state index contributed by atoms with van der Waals surface area (Å²) in [5, 5.41) is 0. The van der Waals surface area contributed by atoms with E-state index in [0.717, 1.165) is 63.5 Å². The number of hydrogen-bond donors (Lipinski definition) is 0. The van der Waals surface area contributed by atoms with E-state index < -0.39 is 0 Å². The lowest BCUT2D eigenvalue weighted by atomic mass is 9.79. The van der Waals surface area contributed by atoms with E-state index in [1.807, 2.05) is 0 Å². The minimum absolute atomic E-state index is 0.0703. The van der Waals surface area contributed by atoms with E-state index in [-0.39, 0.29) is 23.7 Å². The molecule has 0 bridgehead atoms. The van der Waals surface area contributed by atoms with E-state index in [1.165, 1.54) is 24.8 Å². The molecule has 1 aliphatic heterocycles. The lowest BCUT2D eigenvalue weighted by Gasteiger charge is -2.44. The van der Waals surface area contributed by atoms with Gasteiger partial charge in [-0.1, -0.05) is 77.4 Å². The molecule has 0 amide bonds. The van der Waals surface area contributed by atoms with E-state index in [1.54, 1.807) is 0 Å². The first-order chi connectivity index (χ1) is 18.1. The van der Waals surface area contributed by atoms with Crippen LogP contribution in [0, 0.1) is 23.2 Å². The van der Waals surface area contributed by atoms with Crippen LogP contribution in [-0.4, -0.2) is 24.1 Å². The maximum atomic E-state index is 13.6. The SMILES string of the molecule is CCOC1CC(c2ccccc2)OC2(CCCC(C(=O)C(C)=CCC(CCC(C)(C)C)C(C)CC)CC2)C1. The van der Waals surface area contributed by atoms with E-state index in [4.69, 9.17) is 9.47 Å². The highest BCUT2D eigenvalue weighted by Gasteiger charge is 2.44. The summed E-state index contributed by atoms with van der Waals surface area (Å²) in [5.74, 6) is 1.83. The molecular formula is C35H56O3. The second kappa shape index (κ2) is 14.3. The number of ether oxygens (including phenoxy) is 2. The molecule has 2 aliphatic rings. The first-order valence-electron chi connectivity index (χ1n) is 15.6. The Morgan fingerprint density at radius 3 is 2.55 bits per heavy atom. The number of allylic oxidation sites excluding steroid dienone is 2. The molecule has 38 heavy (non-hydrogen) atoms. The zero-order valence-electron chi connectivity index (χ0n) is 25.6. The molecule has 6 atom stereocenters. The fraction of sp³-hybridized carbons (Fsp3) is 0.743. The van der Waals surface area contributed by atoms with Crippen molar-refractivity contribution in [3.8, 4) is 0 Å². The second-order valence-corrected chi connectivity index (χ2v) is 13.6. The Balaban J connectivity index is 1.65. The van der Waals surface area contributed by atoms with E-state index in [9.17, 15) is 4.79 Å². The Morgan fingerprint density at radius 2 is 1.89 bits per heavy atom. The number of carbonyl (C=O) groups is 1. The summed E-state index contributed by atoms with van der Waals surface area (Å²) in [5.41, 5.74) is 2.40. The van der Waals surface area contributed by atoms with Gasteiger partial charge >= 0.3 is 0 Å². The molecule has 214 valence electrons. The number of carbonyl (C=O) groups excluding carboxylic acids is 1. The molecule has 3 heteroatoms. The predicted molar refractivity (Wildman–Crippen MR) is 159 cm³/mol. The van der Waals surface area contributed by atoms with Crippen LogP contribution < -0.4 is 0 Å². The highest BCUT2D eigenvalue weighted by molar-refractivity contribution is 5.96. The van der Waals surface area contributed by atoms with E-state index in [0.29, 0.717) is 23.0 Å². The summed E-state index contributed by atoms with van der Waals surface area (Å²) in [6.07, 6.45) is 14.0.